The molecule has 2 aliphatic heterocycles. The number of rotatable bonds is 3. The fourth-order valence-corrected chi connectivity index (χ4v) is 4.72. The molecule has 2 fully saturated rings. The molecule has 2 aliphatic rings. The number of piperidine rings is 1. The van der Waals surface area contributed by atoms with Gasteiger partial charge in [0.1, 0.15) is 5.82 Å². The quantitative estimate of drug-likeness (QED) is 0.862. The van der Waals surface area contributed by atoms with Gasteiger partial charge in [0.05, 0.1) is 23.0 Å². The van der Waals surface area contributed by atoms with Gasteiger partial charge in [-0.25, -0.2) is 4.98 Å². The first-order valence-electron chi connectivity index (χ1n) is 9.44. The molecule has 1 aromatic heterocycles. The van der Waals surface area contributed by atoms with Crippen molar-refractivity contribution in [2.75, 3.05) is 26.7 Å². The summed E-state index contributed by atoms with van der Waals surface area (Å²) in [6, 6.07) is 8.74. The fraction of sp³-hybridized carbons (Fsp3) is 0.600. The van der Waals surface area contributed by atoms with Crippen LogP contribution in [0, 0.1) is 5.41 Å². The van der Waals surface area contributed by atoms with Crippen molar-refractivity contribution in [3.8, 4) is 0 Å². The molecule has 2 saturated heterocycles. The van der Waals surface area contributed by atoms with Crippen molar-refractivity contribution in [2.24, 2.45) is 5.41 Å². The average molecular weight is 340 g/mol. The molecular formula is C20H28N4O. The monoisotopic (exact) mass is 340 g/mol. The SMILES string of the molecule is CC(C)n1c(CN2CC[C@]3(CCCN(C)C3=O)C2)nc2ccccc21. The van der Waals surface area contributed by atoms with Gasteiger partial charge >= 0.3 is 0 Å². The molecule has 0 radical (unpaired) electrons. The number of para-hydroxylation sites is 2. The van der Waals surface area contributed by atoms with E-state index in [1.54, 1.807) is 0 Å². The minimum Gasteiger partial charge on any atom is -0.345 e. The highest BCUT2D eigenvalue weighted by atomic mass is 16.2. The summed E-state index contributed by atoms with van der Waals surface area (Å²) in [5.74, 6) is 1.46. The summed E-state index contributed by atoms with van der Waals surface area (Å²) in [4.78, 5) is 22.0. The zero-order valence-electron chi connectivity index (χ0n) is 15.5. The minimum atomic E-state index is -0.151. The van der Waals surface area contributed by atoms with Crippen LogP contribution in [0.4, 0.5) is 0 Å². The van der Waals surface area contributed by atoms with Crippen molar-refractivity contribution in [3.63, 3.8) is 0 Å². The van der Waals surface area contributed by atoms with Crippen LogP contribution in [-0.2, 0) is 11.3 Å². The first kappa shape index (κ1) is 16.6. The van der Waals surface area contributed by atoms with E-state index in [1.165, 1.54) is 5.52 Å². The molecule has 1 atom stereocenters. The standard InChI is InChI=1S/C20H28N4O/c1-15(2)24-17-8-5-4-7-16(17)21-18(24)13-23-12-10-20(14-23)9-6-11-22(3)19(20)25/h4-5,7-8,15H,6,9-14H2,1-3H3/t20-/m1/s1. The highest BCUT2D eigenvalue weighted by Crippen LogP contribution is 2.40. The van der Waals surface area contributed by atoms with Gasteiger partial charge in [-0.2, -0.15) is 0 Å². The topological polar surface area (TPSA) is 41.4 Å². The maximum absolute atomic E-state index is 12.7. The lowest BCUT2D eigenvalue weighted by atomic mass is 9.78. The summed E-state index contributed by atoms with van der Waals surface area (Å²) in [5, 5.41) is 0. The van der Waals surface area contributed by atoms with Crippen LogP contribution in [0.3, 0.4) is 0 Å². The average Bonchev–Trinajstić information content (AvgIpc) is 3.14. The second-order valence-electron chi connectivity index (χ2n) is 8.05. The Balaban J connectivity index is 1.58. The molecule has 134 valence electrons. The minimum absolute atomic E-state index is 0.151. The molecule has 1 amide bonds. The Morgan fingerprint density at radius 3 is 2.80 bits per heavy atom. The second kappa shape index (κ2) is 6.13. The molecule has 2 aromatic rings. The maximum atomic E-state index is 12.7. The first-order valence-corrected chi connectivity index (χ1v) is 9.44. The van der Waals surface area contributed by atoms with Gasteiger partial charge in [0.15, 0.2) is 0 Å². The van der Waals surface area contributed by atoms with E-state index in [9.17, 15) is 4.79 Å². The van der Waals surface area contributed by atoms with Crippen LogP contribution < -0.4 is 0 Å². The molecule has 0 saturated carbocycles. The van der Waals surface area contributed by atoms with Gasteiger partial charge in [-0.1, -0.05) is 12.1 Å². The van der Waals surface area contributed by atoms with Gasteiger partial charge in [0, 0.05) is 26.2 Å². The number of hydrogen-bond donors (Lipinski definition) is 0. The Bertz CT molecular complexity index is 796. The molecule has 1 aromatic carbocycles. The number of aromatic nitrogens is 2. The lowest BCUT2D eigenvalue weighted by Gasteiger charge is -2.37. The fourth-order valence-electron chi connectivity index (χ4n) is 4.72. The summed E-state index contributed by atoms with van der Waals surface area (Å²) >= 11 is 0. The van der Waals surface area contributed by atoms with Crippen molar-refractivity contribution in [1.82, 2.24) is 19.4 Å². The third kappa shape index (κ3) is 2.74. The van der Waals surface area contributed by atoms with Crippen LogP contribution in [-0.4, -0.2) is 51.9 Å². The second-order valence-corrected chi connectivity index (χ2v) is 8.05. The van der Waals surface area contributed by atoms with Crippen LogP contribution in [0.1, 0.15) is 45.0 Å². The summed E-state index contributed by atoms with van der Waals surface area (Å²) in [5.41, 5.74) is 2.12. The van der Waals surface area contributed by atoms with E-state index in [0.29, 0.717) is 11.9 Å². The number of nitrogens with zero attached hydrogens (tertiary/aromatic N) is 4. The Labute approximate surface area is 149 Å². The van der Waals surface area contributed by atoms with Gasteiger partial charge in [-0.05, 0) is 51.8 Å². The van der Waals surface area contributed by atoms with E-state index in [1.807, 2.05) is 18.0 Å². The van der Waals surface area contributed by atoms with Crippen LogP contribution in [0.15, 0.2) is 24.3 Å². The number of amides is 1. The third-order valence-electron chi connectivity index (χ3n) is 5.93. The highest BCUT2D eigenvalue weighted by Gasteiger charge is 2.47. The van der Waals surface area contributed by atoms with E-state index in [-0.39, 0.29) is 5.41 Å². The first-order chi connectivity index (χ1) is 12.0. The molecule has 5 heteroatoms. The zero-order valence-corrected chi connectivity index (χ0v) is 15.5. The van der Waals surface area contributed by atoms with Crippen LogP contribution in [0.25, 0.3) is 11.0 Å². The normalized spacial score (nSPS) is 25.0. The van der Waals surface area contributed by atoms with Crippen molar-refractivity contribution < 1.29 is 4.79 Å². The van der Waals surface area contributed by atoms with Crippen molar-refractivity contribution in [3.05, 3.63) is 30.1 Å². The van der Waals surface area contributed by atoms with Crippen molar-refractivity contribution in [1.29, 1.82) is 0 Å². The molecule has 5 nitrogen and oxygen atoms in total. The predicted molar refractivity (Wildman–Crippen MR) is 99.3 cm³/mol. The van der Waals surface area contributed by atoms with Gasteiger partial charge < -0.3 is 9.47 Å². The van der Waals surface area contributed by atoms with Crippen molar-refractivity contribution in [2.45, 2.75) is 45.7 Å². The molecule has 3 heterocycles. The molecule has 0 aliphatic carbocycles. The predicted octanol–water partition coefficient (Wildman–Crippen LogP) is 3.06. The number of imidazole rings is 1. The smallest absolute Gasteiger partial charge is 0.229 e. The summed E-state index contributed by atoms with van der Waals surface area (Å²) in [6.45, 7) is 8.01. The summed E-state index contributed by atoms with van der Waals surface area (Å²) < 4.78 is 2.34. The van der Waals surface area contributed by atoms with Gasteiger partial charge in [-0.15, -0.1) is 0 Å². The summed E-state index contributed by atoms with van der Waals surface area (Å²) in [7, 11) is 1.95. The van der Waals surface area contributed by atoms with Crippen molar-refractivity contribution >= 4 is 16.9 Å². The van der Waals surface area contributed by atoms with E-state index < -0.39 is 0 Å². The largest absolute Gasteiger partial charge is 0.345 e. The number of fused-ring (bicyclic) bond motifs is 1. The molecule has 4 rings (SSSR count). The number of likely N-dealkylation sites (tertiary alicyclic amines) is 2. The molecule has 0 bridgehead atoms. The number of carbonyl (C=O) groups is 1. The molecule has 0 N–H and O–H groups in total. The lowest BCUT2D eigenvalue weighted by Crippen LogP contribution is -2.48. The highest BCUT2D eigenvalue weighted by molar-refractivity contribution is 5.84. The Morgan fingerprint density at radius 2 is 2.00 bits per heavy atom. The summed E-state index contributed by atoms with van der Waals surface area (Å²) in [6.07, 6.45) is 3.14. The Hall–Kier alpha value is -1.88. The van der Waals surface area contributed by atoms with Gasteiger partial charge in [0.25, 0.3) is 0 Å². The molecular weight excluding hydrogens is 312 g/mol. The zero-order chi connectivity index (χ0) is 17.6. The van der Waals surface area contributed by atoms with E-state index in [0.717, 1.165) is 56.8 Å². The third-order valence-corrected chi connectivity index (χ3v) is 5.93. The number of benzene rings is 1. The van der Waals surface area contributed by atoms with Gasteiger partial charge in [-0.3, -0.25) is 9.69 Å². The van der Waals surface area contributed by atoms with E-state index >= 15 is 0 Å². The van der Waals surface area contributed by atoms with Crippen LogP contribution >= 0.6 is 0 Å². The van der Waals surface area contributed by atoms with E-state index in [4.69, 9.17) is 4.98 Å². The Morgan fingerprint density at radius 1 is 1.20 bits per heavy atom. The number of hydrogen-bond acceptors (Lipinski definition) is 3. The lowest BCUT2D eigenvalue weighted by molar-refractivity contribution is -0.143. The van der Waals surface area contributed by atoms with E-state index in [2.05, 4.69) is 41.5 Å². The van der Waals surface area contributed by atoms with Crippen LogP contribution in [0.5, 0.6) is 0 Å². The maximum Gasteiger partial charge on any atom is 0.229 e. The van der Waals surface area contributed by atoms with Crippen LogP contribution in [0.2, 0.25) is 0 Å². The molecule has 25 heavy (non-hydrogen) atoms. The molecule has 0 unspecified atom stereocenters. The molecule has 1 spiro atoms. The number of carbonyl (C=O) groups excluding carboxylic acids is 1. The van der Waals surface area contributed by atoms with Gasteiger partial charge in [0.2, 0.25) is 5.91 Å². The Kier molecular flexibility index (Phi) is 4.07.